The van der Waals surface area contributed by atoms with Crippen molar-refractivity contribution in [3.05, 3.63) is 63.6 Å². The van der Waals surface area contributed by atoms with Gasteiger partial charge in [0.15, 0.2) is 0 Å². The van der Waals surface area contributed by atoms with Crippen LogP contribution < -0.4 is 5.43 Å². The van der Waals surface area contributed by atoms with Crippen molar-refractivity contribution >= 4 is 52.7 Å². The molecule has 0 aliphatic carbocycles. The van der Waals surface area contributed by atoms with Gasteiger partial charge in [-0.2, -0.15) is 0 Å². The van der Waals surface area contributed by atoms with Crippen LogP contribution in [0.15, 0.2) is 47.5 Å². The molecule has 0 saturated carbocycles. The van der Waals surface area contributed by atoms with Crippen molar-refractivity contribution in [3.8, 4) is 0 Å². The molecule has 2 aromatic carbocycles. The van der Waals surface area contributed by atoms with Crippen LogP contribution in [0.1, 0.15) is 11.1 Å². The Morgan fingerprint density at radius 3 is 2.67 bits per heavy atom. The molecular formula is C16H12Cl3N3O2. The molecule has 8 heteroatoms. The second-order valence-corrected chi connectivity index (χ2v) is 6.21. The highest BCUT2D eigenvalue weighted by Gasteiger charge is 2.44. The number of carbonyl (C=O) groups is 1. The molecule has 1 aliphatic rings. The van der Waals surface area contributed by atoms with Crippen molar-refractivity contribution < 1.29 is 9.90 Å². The fraction of sp³-hybridized carbons (Fsp3) is 0.125. The monoisotopic (exact) mass is 383 g/mol. The number of hydrogen-bond donors (Lipinski definition) is 2. The van der Waals surface area contributed by atoms with E-state index in [1.165, 1.54) is 6.34 Å². The molecule has 24 heavy (non-hydrogen) atoms. The summed E-state index contributed by atoms with van der Waals surface area (Å²) in [5.41, 5.74) is 1.99. The summed E-state index contributed by atoms with van der Waals surface area (Å²) < 4.78 is 0. The van der Waals surface area contributed by atoms with Crippen LogP contribution in [0.4, 0.5) is 5.69 Å². The molecular weight excluding hydrogens is 373 g/mol. The van der Waals surface area contributed by atoms with Crippen LogP contribution >= 0.6 is 34.8 Å². The lowest BCUT2D eigenvalue weighted by atomic mass is 9.91. The number of nitrogens with one attached hydrogen (secondary N) is 1. The minimum absolute atomic E-state index is 0.272. The van der Waals surface area contributed by atoms with Gasteiger partial charge in [0.1, 0.15) is 12.2 Å². The maximum absolute atomic E-state index is 11.7. The maximum atomic E-state index is 11.7. The molecule has 0 bridgehead atoms. The lowest BCUT2D eigenvalue weighted by Gasteiger charge is -2.41. The zero-order valence-electron chi connectivity index (χ0n) is 12.2. The maximum Gasteiger partial charge on any atom is 0.253 e. The van der Waals surface area contributed by atoms with Crippen molar-refractivity contribution in [1.82, 2.24) is 10.4 Å². The standard InChI is InChI=1S/C16H12Cl3N3O2/c17-8-15(23)21-22-9-20-14-6-5-10(18)7-12(14)16(22,24)11-3-1-2-4-13(11)19/h1-7,9,24H,8H2,(H,21,23). The first kappa shape index (κ1) is 17.0. The number of amides is 1. The number of aliphatic hydroxyl groups is 1. The normalized spacial score (nSPS) is 19.1. The Labute approximate surface area is 153 Å². The molecule has 1 amide bonds. The van der Waals surface area contributed by atoms with E-state index < -0.39 is 11.6 Å². The number of alkyl halides is 1. The SMILES string of the molecule is O=C(CCl)NN1C=Nc2ccc(Cl)cc2C1(O)c1ccccc1Cl. The number of halogens is 3. The number of aliphatic imine (C=N–C) groups is 1. The van der Waals surface area contributed by atoms with Gasteiger partial charge in [0.25, 0.3) is 5.91 Å². The lowest BCUT2D eigenvalue weighted by molar-refractivity contribution is -0.131. The number of benzene rings is 2. The van der Waals surface area contributed by atoms with Crippen LogP contribution in [0.2, 0.25) is 10.0 Å². The molecule has 1 aliphatic heterocycles. The van der Waals surface area contributed by atoms with E-state index in [0.717, 1.165) is 5.01 Å². The molecule has 1 atom stereocenters. The third-order valence-corrected chi connectivity index (χ3v) is 4.42. The fourth-order valence-corrected chi connectivity index (χ4v) is 3.03. The molecule has 124 valence electrons. The summed E-state index contributed by atoms with van der Waals surface area (Å²) in [5, 5.41) is 13.4. The van der Waals surface area contributed by atoms with Crippen molar-refractivity contribution in [2.75, 3.05) is 5.88 Å². The van der Waals surface area contributed by atoms with Crippen LogP contribution in [0.5, 0.6) is 0 Å². The van der Waals surface area contributed by atoms with Gasteiger partial charge in [-0.25, -0.2) is 10.0 Å². The summed E-state index contributed by atoms with van der Waals surface area (Å²) in [4.78, 5) is 16.0. The Bertz CT molecular complexity index is 828. The Morgan fingerprint density at radius 1 is 1.21 bits per heavy atom. The van der Waals surface area contributed by atoms with Crippen LogP contribution in [-0.2, 0) is 10.5 Å². The van der Waals surface area contributed by atoms with Gasteiger partial charge in [0, 0.05) is 21.2 Å². The lowest BCUT2D eigenvalue weighted by Crippen LogP contribution is -2.56. The second kappa shape index (κ2) is 6.61. The highest BCUT2D eigenvalue weighted by molar-refractivity contribution is 6.31. The molecule has 0 fully saturated rings. The van der Waals surface area contributed by atoms with Crippen molar-refractivity contribution in [1.29, 1.82) is 0 Å². The second-order valence-electron chi connectivity index (χ2n) is 5.10. The molecule has 1 heterocycles. The fourth-order valence-electron chi connectivity index (χ4n) is 2.53. The summed E-state index contributed by atoms with van der Waals surface area (Å²) >= 11 is 17.9. The first-order valence-electron chi connectivity index (χ1n) is 6.93. The summed E-state index contributed by atoms with van der Waals surface area (Å²) in [6.07, 6.45) is 1.31. The smallest absolute Gasteiger partial charge is 0.253 e. The van der Waals surface area contributed by atoms with Crippen molar-refractivity contribution in [2.24, 2.45) is 4.99 Å². The summed E-state index contributed by atoms with van der Waals surface area (Å²) in [7, 11) is 0. The highest BCUT2D eigenvalue weighted by Crippen LogP contribution is 2.43. The Hall–Kier alpha value is -1.79. The first-order valence-corrected chi connectivity index (χ1v) is 8.22. The van der Waals surface area contributed by atoms with E-state index in [4.69, 9.17) is 34.8 Å². The summed E-state index contributed by atoms with van der Waals surface area (Å²) in [5.74, 6) is -0.773. The molecule has 0 aromatic heterocycles. The molecule has 5 nitrogen and oxygen atoms in total. The van der Waals surface area contributed by atoms with Gasteiger partial charge in [0.05, 0.1) is 5.69 Å². The number of hydrogen-bond acceptors (Lipinski definition) is 4. The van der Waals surface area contributed by atoms with Gasteiger partial charge in [0.2, 0.25) is 5.72 Å². The number of carbonyl (C=O) groups excluding carboxylic acids is 1. The van der Waals surface area contributed by atoms with E-state index in [1.54, 1.807) is 42.5 Å². The van der Waals surface area contributed by atoms with E-state index in [9.17, 15) is 9.90 Å². The minimum atomic E-state index is -1.79. The number of hydrazine groups is 1. The predicted octanol–water partition coefficient (Wildman–Crippen LogP) is 3.43. The van der Waals surface area contributed by atoms with Gasteiger partial charge >= 0.3 is 0 Å². The average molecular weight is 385 g/mol. The summed E-state index contributed by atoms with van der Waals surface area (Å²) in [6, 6.07) is 11.7. The zero-order chi connectivity index (χ0) is 17.3. The molecule has 0 saturated heterocycles. The highest BCUT2D eigenvalue weighted by atomic mass is 35.5. The topological polar surface area (TPSA) is 64.9 Å². The number of nitrogens with zero attached hydrogens (tertiary/aromatic N) is 2. The molecule has 0 radical (unpaired) electrons. The largest absolute Gasteiger partial charge is 0.362 e. The number of fused-ring (bicyclic) bond motifs is 1. The van der Waals surface area contributed by atoms with Crippen LogP contribution in [0, 0.1) is 0 Å². The van der Waals surface area contributed by atoms with Gasteiger partial charge in [-0.3, -0.25) is 10.2 Å². The van der Waals surface area contributed by atoms with Gasteiger partial charge in [-0.05, 0) is 24.3 Å². The summed E-state index contributed by atoms with van der Waals surface area (Å²) in [6.45, 7) is 0. The van der Waals surface area contributed by atoms with E-state index in [-0.39, 0.29) is 5.88 Å². The van der Waals surface area contributed by atoms with E-state index in [0.29, 0.717) is 26.9 Å². The molecule has 2 N–H and O–H groups in total. The number of rotatable bonds is 3. The minimum Gasteiger partial charge on any atom is -0.362 e. The van der Waals surface area contributed by atoms with E-state index in [1.807, 2.05) is 0 Å². The zero-order valence-corrected chi connectivity index (χ0v) is 14.5. The average Bonchev–Trinajstić information content (AvgIpc) is 2.58. The molecule has 0 spiro atoms. The van der Waals surface area contributed by atoms with Gasteiger partial charge in [-0.1, -0.05) is 41.4 Å². The molecule has 1 unspecified atom stereocenters. The van der Waals surface area contributed by atoms with Crippen LogP contribution in [0.3, 0.4) is 0 Å². The third-order valence-electron chi connectivity index (χ3n) is 3.61. The Morgan fingerprint density at radius 2 is 1.96 bits per heavy atom. The van der Waals surface area contributed by atoms with Crippen LogP contribution in [0.25, 0.3) is 0 Å². The molecule has 2 aromatic rings. The molecule has 3 rings (SSSR count). The van der Waals surface area contributed by atoms with Crippen molar-refractivity contribution in [2.45, 2.75) is 5.72 Å². The Kier molecular flexibility index (Phi) is 4.69. The van der Waals surface area contributed by atoms with E-state index in [2.05, 4.69) is 10.4 Å². The van der Waals surface area contributed by atoms with Crippen LogP contribution in [-0.4, -0.2) is 28.2 Å². The van der Waals surface area contributed by atoms with Gasteiger partial charge in [-0.15, -0.1) is 11.6 Å². The predicted molar refractivity (Wildman–Crippen MR) is 94.8 cm³/mol. The first-order chi connectivity index (χ1) is 11.5. The van der Waals surface area contributed by atoms with Crippen molar-refractivity contribution in [3.63, 3.8) is 0 Å². The Balaban J connectivity index is 2.22. The quantitative estimate of drug-likeness (QED) is 0.797. The third kappa shape index (κ3) is 2.84. The van der Waals surface area contributed by atoms with Gasteiger partial charge < -0.3 is 5.11 Å². The van der Waals surface area contributed by atoms with E-state index >= 15 is 0 Å².